The van der Waals surface area contributed by atoms with Crippen molar-refractivity contribution >= 4 is 21.9 Å². The summed E-state index contributed by atoms with van der Waals surface area (Å²) in [6, 6.07) is 3.66. The summed E-state index contributed by atoms with van der Waals surface area (Å²) in [6.45, 7) is 8.39. The van der Waals surface area contributed by atoms with Gasteiger partial charge >= 0.3 is 5.97 Å². The van der Waals surface area contributed by atoms with Crippen molar-refractivity contribution in [2.45, 2.75) is 58.5 Å². The van der Waals surface area contributed by atoms with Crippen LogP contribution in [0, 0.1) is 19.8 Å². The first-order valence-corrected chi connectivity index (χ1v) is 12.7. The Bertz CT molecular complexity index is 1110. The summed E-state index contributed by atoms with van der Waals surface area (Å²) in [6.07, 6.45) is 4.50. The molecule has 2 aromatic rings. The van der Waals surface area contributed by atoms with Crippen LogP contribution in [-0.2, 0) is 32.6 Å². The summed E-state index contributed by atoms with van der Waals surface area (Å²) in [5.74, 6) is -1.30. The van der Waals surface area contributed by atoms with Crippen LogP contribution in [0.2, 0.25) is 0 Å². The van der Waals surface area contributed by atoms with Gasteiger partial charge in [0.05, 0.1) is 12.5 Å². The standard InChI is InChI=1S/C23H32N4O5S/c1-5-27-16(3)20(23(29)32-6-2)21(17(27)4)33(30,31)26-12-8-10-19(15-26)22(28)25-14-18-9-7-11-24-13-18/h7,9,11,13,19H,5-6,8,10,12,14-15H2,1-4H3,(H,25,28). The van der Waals surface area contributed by atoms with Gasteiger partial charge in [-0.2, -0.15) is 4.31 Å². The fourth-order valence-corrected chi connectivity index (χ4v) is 6.40. The molecule has 0 saturated carbocycles. The van der Waals surface area contributed by atoms with Crippen LogP contribution in [0.25, 0.3) is 0 Å². The van der Waals surface area contributed by atoms with E-state index in [0.29, 0.717) is 43.9 Å². The van der Waals surface area contributed by atoms with Crippen molar-refractivity contribution in [1.82, 2.24) is 19.2 Å². The number of amides is 1. The third-order valence-corrected chi connectivity index (χ3v) is 8.09. The molecule has 180 valence electrons. The first-order valence-electron chi connectivity index (χ1n) is 11.3. The van der Waals surface area contributed by atoms with Crippen LogP contribution in [0.4, 0.5) is 0 Å². The monoisotopic (exact) mass is 476 g/mol. The molecule has 1 unspecified atom stereocenters. The normalized spacial score (nSPS) is 17.0. The molecule has 3 heterocycles. The van der Waals surface area contributed by atoms with Crippen molar-refractivity contribution < 1.29 is 22.7 Å². The van der Waals surface area contributed by atoms with E-state index in [9.17, 15) is 18.0 Å². The van der Waals surface area contributed by atoms with Crippen molar-refractivity contribution in [3.63, 3.8) is 0 Å². The van der Waals surface area contributed by atoms with Crippen molar-refractivity contribution in [3.05, 3.63) is 47.0 Å². The molecule has 0 bridgehead atoms. The van der Waals surface area contributed by atoms with E-state index in [-0.39, 0.29) is 29.5 Å². The quantitative estimate of drug-likeness (QED) is 0.586. The molecule has 0 radical (unpaired) electrons. The molecule has 1 aliphatic heterocycles. The van der Waals surface area contributed by atoms with Crippen LogP contribution in [0.15, 0.2) is 29.4 Å². The third-order valence-electron chi connectivity index (χ3n) is 6.07. The molecule has 1 aliphatic rings. The van der Waals surface area contributed by atoms with E-state index in [0.717, 1.165) is 5.56 Å². The molecule has 1 saturated heterocycles. The summed E-state index contributed by atoms with van der Waals surface area (Å²) >= 11 is 0. The molecule has 3 rings (SSSR count). The summed E-state index contributed by atoms with van der Waals surface area (Å²) < 4.78 is 35.8. The van der Waals surface area contributed by atoms with Gasteiger partial charge in [-0.3, -0.25) is 9.78 Å². The minimum Gasteiger partial charge on any atom is -0.462 e. The lowest BCUT2D eigenvalue weighted by Gasteiger charge is -2.31. The van der Waals surface area contributed by atoms with Gasteiger partial charge in [-0.15, -0.1) is 0 Å². The first-order chi connectivity index (χ1) is 15.7. The van der Waals surface area contributed by atoms with E-state index >= 15 is 0 Å². The van der Waals surface area contributed by atoms with Gasteiger partial charge in [0, 0.05) is 50.0 Å². The molecule has 1 atom stereocenters. The Morgan fingerprint density at radius 2 is 2.00 bits per heavy atom. The summed E-state index contributed by atoms with van der Waals surface area (Å²) in [7, 11) is -4.01. The summed E-state index contributed by atoms with van der Waals surface area (Å²) in [5.41, 5.74) is 2.02. The number of nitrogens with one attached hydrogen (secondary N) is 1. The van der Waals surface area contributed by atoms with Crippen LogP contribution < -0.4 is 5.32 Å². The van der Waals surface area contributed by atoms with Gasteiger partial charge in [-0.25, -0.2) is 13.2 Å². The highest BCUT2D eigenvalue weighted by atomic mass is 32.2. The number of rotatable bonds is 8. The zero-order chi connectivity index (χ0) is 24.2. The maximum Gasteiger partial charge on any atom is 0.341 e. The van der Waals surface area contributed by atoms with Gasteiger partial charge in [0.25, 0.3) is 0 Å². The van der Waals surface area contributed by atoms with Gasteiger partial charge in [-0.1, -0.05) is 6.07 Å². The number of carbonyl (C=O) groups excluding carboxylic acids is 2. The van der Waals surface area contributed by atoms with Gasteiger partial charge in [0.1, 0.15) is 10.5 Å². The molecule has 0 spiro atoms. The fourth-order valence-electron chi connectivity index (χ4n) is 4.43. The van der Waals surface area contributed by atoms with Gasteiger partial charge in [0.15, 0.2) is 0 Å². The smallest absolute Gasteiger partial charge is 0.341 e. The first kappa shape index (κ1) is 24.9. The number of aromatic nitrogens is 2. The second kappa shape index (κ2) is 10.5. The maximum absolute atomic E-state index is 13.7. The maximum atomic E-state index is 13.7. The Morgan fingerprint density at radius 3 is 2.64 bits per heavy atom. The molecule has 1 N–H and O–H groups in total. The number of esters is 1. The topological polar surface area (TPSA) is 111 Å². The van der Waals surface area contributed by atoms with Gasteiger partial charge in [0.2, 0.25) is 15.9 Å². The Hall–Kier alpha value is -2.72. The highest BCUT2D eigenvalue weighted by Crippen LogP contribution is 2.32. The van der Waals surface area contributed by atoms with E-state index in [1.54, 1.807) is 43.8 Å². The highest BCUT2D eigenvalue weighted by molar-refractivity contribution is 7.89. The molecule has 1 amide bonds. The average Bonchev–Trinajstić information content (AvgIpc) is 3.08. The number of sulfonamides is 1. The molecular weight excluding hydrogens is 444 g/mol. The Kier molecular flexibility index (Phi) is 7.91. The number of hydrogen-bond acceptors (Lipinski definition) is 6. The SMILES string of the molecule is CCOC(=O)c1c(S(=O)(=O)N2CCCC(C(=O)NCc3cccnc3)C2)c(C)n(CC)c1C. The van der Waals surface area contributed by atoms with Crippen molar-refractivity contribution in [2.24, 2.45) is 5.92 Å². The molecule has 2 aromatic heterocycles. The number of carbonyl (C=O) groups is 2. The van der Waals surface area contributed by atoms with E-state index in [1.165, 1.54) is 4.31 Å². The summed E-state index contributed by atoms with van der Waals surface area (Å²) in [5, 5.41) is 2.88. The predicted octanol–water partition coefficient (Wildman–Crippen LogP) is 2.41. The highest BCUT2D eigenvalue weighted by Gasteiger charge is 2.39. The van der Waals surface area contributed by atoms with Crippen molar-refractivity contribution in [3.8, 4) is 0 Å². The van der Waals surface area contributed by atoms with E-state index in [4.69, 9.17) is 4.74 Å². The van der Waals surface area contributed by atoms with Crippen LogP contribution in [0.3, 0.4) is 0 Å². The van der Waals surface area contributed by atoms with Crippen LogP contribution >= 0.6 is 0 Å². The molecular formula is C23H32N4O5S. The fraction of sp³-hybridized carbons (Fsp3) is 0.522. The lowest BCUT2D eigenvalue weighted by atomic mass is 9.99. The van der Waals surface area contributed by atoms with Gasteiger partial charge < -0.3 is 14.6 Å². The summed E-state index contributed by atoms with van der Waals surface area (Å²) in [4.78, 5) is 29.5. The second-order valence-electron chi connectivity index (χ2n) is 8.12. The largest absolute Gasteiger partial charge is 0.462 e. The van der Waals surface area contributed by atoms with Crippen molar-refractivity contribution in [2.75, 3.05) is 19.7 Å². The number of nitrogens with zero attached hydrogens (tertiary/aromatic N) is 3. The zero-order valence-corrected chi connectivity index (χ0v) is 20.4. The molecule has 10 heteroatoms. The lowest BCUT2D eigenvalue weighted by Crippen LogP contribution is -2.45. The zero-order valence-electron chi connectivity index (χ0n) is 19.6. The minimum atomic E-state index is -4.01. The number of piperidine rings is 1. The number of ether oxygens (including phenoxy) is 1. The molecule has 0 aromatic carbocycles. The number of pyridine rings is 1. The lowest BCUT2D eigenvalue weighted by molar-refractivity contribution is -0.126. The Labute approximate surface area is 195 Å². The average molecular weight is 477 g/mol. The van der Waals surface area contributed by atoms with Crippen LogP contribution in [-0.4, -0.2) is 53.8 Å². The molecule has 1 fully saturated rings. The number of hydrogen-bond donors (Lipinski definition) is 1. The van der Waals surface area contributed by atoms with Crippen LogP contribution in [0.5, 0.6) is 0 Å². The predicted molar refractivity (Wildman–Crippen MR) is 123 cm³/mol. The van der Waals surface area contributed by atoms with Gasteiger partial charge in [-0.05, 0) is 52.2 Å². The molecule has 33 heavy (non-hydrogen) atoms. The van der Waals surface area contributed by atoms with E-state index < -0.39 is 21.9 Å². The third kappa shape index (κ3) is 5.11. The van der Waals surface area contributed by atoms with E-state index in [2.05, 4.69) is 10.3 Å². The van der Waals surface area contributed by atoms with Crippen LogP contribution in [0.1, 0.15) is 54.0 Å². The van der Waals surface area contributed by atoms with E-state index in [1.807, 2.05) is 13.0 Å². The molecule has 9 nitrogen and oxygen atoms in total. The Balaban J connectivity index is 1.85. The Morgan fingerprint density at radius 1 is 1.24 bits per heavy atom. The van der Waals surface area contributed by atoms with Crippen molar-refractivity contribution in [1.29, 1.82) is 0 Å². The minimum absolute atomic E-state index is 0.0169. The second-order valence-corrected chi connectivity index (χ2v) is 10.00. The molecule has 0 aliphatic carbocycles.